The van der Waals surface area contributed by atoms with Crippen LogP contribution in [-0.4, -0.2) is 11.7 Å². The number of nitrogens with zero attached hydrogens (tertiary/aromatic N) is 1. The first-order valence-electron chi connectivity index (χ1n) is 8.90. The normalized spacial score (nSPS) is 11.5. The molecule has 3 aromatic carbocycles. The maximum absolute atomic E-state index is 12.3. The largest absolute Gasteiger partial charge is 0.325 e. The van der Waals surface area contributed by atoms with Gasteiger partial charge in [-0.05, 0) is 53.9 Å². The van der Waals surface area contributed by atoms with E-state index in [1.165, 1.54) is 11.8 Å². The maximum atomic E-state index is 12.3. The van der Waals surface area contributed by atoms with Crippen LogP contribution in [0.3, 0.4) is 0 Å². The monoisotopic (exact) mass is 440 g/mol. The highest BCUT2D eigenvalue weighted by atomic mass is 35.5. The van der Waals surface area contributed by atoms with Gasteiger partial charge in [-0.15, -0.1) is 11.8 Å². The molecule has 0 spiro atoms. The van der Waals surface area contributed by atoms with E-state index in [9.17, 15) is 10.1 Å². The number of halogens is 2. The van der Waals surface area contributed by atoms with Crippen LogP contribution in [0.5, 0.6) is 0 Å². The van der Waals surface area contributed by atoms with Crippen LogP contribution in [0.2, 0.25) is 10.0 Å². The Hall–Kier alpha value is -2.45. The standard InChI is InChI=1S/C23H18Cl2N2OS/c1-15-11-19(20(13-26)16-7-9-17(24)10-8-16)21(25)12-22(15)27-23(28)14-29-18-5-3-2-4-6-18/h2-12,20H,14H2,1H3,(H,27,28). The predicted molar refractivity (Wildman–Crippen MR) is 121 cm³/mol. The molecule has 0 aliphatic heterocycles. The minimum absolute atomic E-state index is 0.111. The molecule has 1 N–H and O–H groups in total. The fourth-order valence-corrected chi connectivity index (χ4v) is 4.01. The highest BCUT2D eigenvalue weighted by molar-refractivity contribution is 8.00. The van der Waals surface area contributed by atoms with Gasteiger partial charge < -0.3 is 5.32 Å². The number of nitriles is 1. The van der Waals surface area contributed by atoms with E-state index in [-0.39, 0.29) is 5.91 Å². The van der Waals surface area contributed by atoms with E-state index < -0.39 is 5.92 Å². The number of amides is 1. The minimum atomic E-state index is -0.517. The van der Waals surface area contributed by atoms with Crippen molar-refractivity contribution >= 4 is 46.6 Å². The molecule has 3 aromatic rings. The molecule has 0 aliphatic carbocycles. The number of carbonyl (C=O) groups is 1. The third-order valence-corrected chi connectivity index (χ3v) is 5.97. The van der Waals surface area contributed by atoms with Crippen molar-refractivity contribution in [1.82, 2.24) is 0 Å². The fraction of sp³-hybridized carbons (Fsp3) is 0.130. The lowest BCUT2D eigenvalue weighted by atomic mass is 9.91. The van der Waals surface area contributed by atoms with Crippen molar-refractivity contribution in [2.75, 3.05) is 11.1 Å². The zero-order valence-electron chi connectivity index (χ0n) is 15.7. The van der Waals surface area contributed by atoms with Gasteiger partial charge in [0.1, 0.15) is 0 Å². The number of hydrogen-bond acceptors (Lipinski definition) is 3. The van der Waals surface area contributed by atoms with Gasteiger partial charge >= 0.3 is 0 Å². The number of hydrogen-bond donors (Lipinski definition) is 1. The Morgan fingerprint density at radius 1 is 1.10 bits per heavy atom. The van der Waals surface area contributed by atoms with E-state index in [0.29, 0.717) is 27.0 Å². The number of carbonyl (C=O) groups excluding carboxylic acids is 1. The van der Waals surface area contributed by atoms with Crippen molar-refractivity contribution in [3.63, 3.8) is 0 Å². The lowest BCUT2D eigenvalue weighted by Crippen LogP contribution is -2.15. The molecular formula is C23H18Cl2N2OS. The van der Waals surface area contributed by atoms with Crippen LogP contribution in [0.1, 0.15) is 22.6 Å². The smallest absolute Gasteiger partial charge is 0.234 e. The molecule has 3 nitrogen and oxygen atoms in total. The molecule has 0 saturated heterocycles. The molecule has 146 valence electrons. The zero-order chi connectivity index (χ0) is 20.8. The van der Waals surface area contributed by atoms with Crippen molar-refractivity contribution in [1.29, 1.82) is 5.26 Å². The maximum Gasteiger partial charge on any atom is 0.234 e. The summed E-state index contributed by atoms with van der Waals surface area (Å²) < 4.78 is 0. The quantitative estimate of drug-likeness (QED) is 0.434. The summed E-state index contributed by atoms with van der Waals surface area (Å²) >= 11 is 13.9. The van der Waals surface area contributed by atoms with E-state index in [4.69, 9.17) is 23.2 Å². The highest BCUT2D eigenvalue weighted by Gasteiger charge is 2.19. The van der Waals surface area contributed by atoms with Gasteiger partial charge in [0, 0.05) is 20.6 Å². The molecule has 0 aromatic heterocycles. The summed E-state index contributed by atoms with van der Waals surface area (Å²) in [5, 5.41) is 13.6. The summed E-state index contributed by atoms with van der Waals surface area (Å²) in [5.41, 5.74) is 3.00. The van der Waals surface area contributed by atoms with E-state index in [0.717, 1.165) is 16.0 Å². The Labute approximate surface area is 184 Å². The van der Waals surface area contributed by atoms with E-state index in [2.05, 4.69) is 11.4 Å². The van der Waals surface area contributed by atoms with E-state index >= 15 is 0 Å². The number of nitrogens with one attached hydrogen (secondary N) is 1. The third-order valence-electron chi connectivity index (χ3n) is 4.37. The van der Waals surface area contributed by atoms with E-state index in [1.807, 2.05) is 55.5 Å². The van der Waals surface area contributed by atoms with Gasteiger partial charge in [0.25, 0.3) is 0 Å². The van der Waals surface area contributed by atoms with Crippen molar-refractivity contribution in [3.05, 3.63) is 93.5 Å². The van der Waals surface area contributed by atoms with Crippen LogP contribution >= 0.6 is 35.0 Å². The highest BCUT2D eigenvalue weighted by Crippen LogP contribution is 2.34. The van der Waals surface area contributed by atoms with Crippen LogP contribution in [-0.2, 0) is 4.79 Å². The molecule has 0 aliphatic rings. The van der Waals surface area contributed by atoms with Gasteiger partial charge in [-0.3, -0.25) is 4.79 Å². The average Bonchev–Trinajstić information content (AvgIpc) is 2.72. The lowest BCUT2D eigenvalue weighted by molar-refractivity contribution is -0.113. The Morgan fingerprint density at radius 2 is 1.79 bits per heavy atom. The van der Waals surface area contributed by atoms with Crippen LogP contribution in [0, 0.1) is 18.3 Å². The number of anilines is 1. The summed E-state index contributed by atoms with van der Waals surface area (Å²) in [6.07, 6.45) is 0. The summed E-state index contributed by atoms with van der Waals surface area (Å²) in [4.78, 5) is 13.4. The third kappa shape index (κ3) is 5.55. The molecule has 0 bridgehead atoms. The predicted octanol–water partition coefficient (Wildman–Crippen LogP) is 6.69. The Kier molecular flexibility index (Phi) is 7.22. The first-order valence-corrected chi connectivity index (χ1v) is 10.6. The second-order valence-corrected chi connectivity index (χ2v) is 8.34. The summed E-state index contributed by atoms with van der Waals surface area (Å²) in [5.74, 6) is -0.328. The number of thioether (sulfide) groups is 1. The molecule has 1 amide bonds. The first kappa shape index (κ1) is 21.3. The second-order valence-electron chi connectivity index (χ2n) is 6.45. The van der Waals surface area contributed by atoms with Gasteiger partial charge in [0.2, 0.25) is 5.91 Å². The molecule has 0 saturated carbocycles. The zero-order valence-corrected chi connectivity index (χ0v) is 18.0. The van der Waals surface area contributed by atoms with Gasteiger partial charge in [-0.1, -0.05) is 59.6 Å². The summed E-state index contributed by atoms with van der Waals surface area (Å²) in [7, 11) is 0. The van der Waals surface area contributed by atoms with Gasteiger partial charge in [-0.25, -0.2) is 0 Å². The topological polar surface area (TPSA) is 52.9 Å². The number of aryl methyl sites for hydroxylation is 1. The van der Waals surface area contributed by atoms with Crippen molar-refractivity contribution < 1.29 is 4.79 Å². The molecule has 0 fully saturated rings. The van der Waals surface area contributed by atoms with Crippen molar-refractivity contribution in [2.45, 2.75) is 17.7 Å². The average molecular weight is 441 g/mol. The summed E-state index contributed by atoms with van der Waals surface area (Å²) in [6.45, 7) is 1.88. The molecule has 6 heteroatoms. The fourth-order valence-electron chi connectivity index (χ4n) is 2.89. The molecular weight excluding hydrogens is 423 g/mol. The van der Waals surface area contributed by atoms with Crippen LogP contribution in [0.15, 0.2) is 71.6 Å². The molecule has 0 heterocycles. The summed E-state index contributed by atoms with van der Waals surface area (Å²) in [6, 6.07) is 22.7. The van der Waals surface area contributed by atoms with Crippen molar-refractivity contribution in [3.8, 4) is 6.07 Å². The number of benzene rings is 3. The SMILES string of the molecule is Cc1cc(C(C#N)c2ccc(Cl)cc2)c(Cl)cc1NC(=O)CSc1ccccc1. The van der Waals surface area contributed by atoms with Gasteiger partial charge in [0.05, 0.1) is 17.7 Å². The Morgan fingerprint density at radius 3 is 2.45 bits per heavy atom. The van der Waals surface area contributed by atoms with Crippen molar-refractivity contribution in [2.24, 2.45) is 0 Å². The first-order chi connectivity index (χ1) is 14.0. The molecule has 1 atom stereocenters. The van der Waals surface area contributed by atoms with Gasteiger partial charge in [-0.2, -0.15) is 5.26 Å². The Bertz CT molecular complexity index is 1050. The molecule has 29 heavy (non-hydrogen) atoms. The van der Waals surface area contributed by atoms with Crippen LogP contribution < -0.4 is 5.32 Å². The molecule has 1 unspecified atom stereocenters. The van der Waals surface area contributed by atoms with Crippen LogP contribution in [0.25, 0.3) is 0 Å². The minimum Gasteiger partial charge on any atom is -0.325 e. The van der Waals surface area contributed by atoms with Crippen LogP contribution in [0.4, 0.5) is 5.69 Å². The second kappa shape index (κ2) is 9.84. The molecule has 3 rings (SSSR count). The molecule has 0 radical (unpaired) electrons. The lowest BCUT2D eigenvalue weighted by Gasteiger charge is -2.16. The van der Waals surface area contributed by atoms with Gasteiger partial charge in [0.15, 0.2) is 0 Å². The Balaban J connectivity index is 1.75. The number of rotatable bonds is 6. The van der Waals surface area contributed by atoms with E-state index in [1.54, 1.807) is 18.2 Å².